The maximum atomic E-state index is 11.3. The van der Waals surface area contributed by atoms with Gasteiger partial charge in [0.25, 0.3) is 0 Å². The van der Waals surface area contributed by atoms with Gasteiger partial charge in [-0.15, -0.1) is 0 Å². The Morgan fingerprint density at radius 3 is 3.00 bits per heavy atom. The van der Waals surface area contributed by atoms with Crippen molar-refractivity contribution in [3.05, 3.63) is 27.4 Å². The van der Waals surface area contributed by atoms with Crippen molar-refractivity contribution in [2.45, 2.75) is 6.10 Å². The summed E-state index contributed by atoms with van der Waals surface area (Å²) in [7, 11) is 0. The number of hydrogen-bond donors (Lipinski definition) is 5. The van der Waals surface area contributed by atoms with Crippen LogP contribution in [0.15, 0.2) is 16.9 Å². The number of aliphatic hydroxyl groups is 1. The fourth-order valence-electron chi connectivity index (χ4n) is 1.52. The zero-order valence-electron chi connectivity index (χ0n) is 8.48. The van der Waals surface area contributed by atoms with E-state index in [1.54, 1.807) is 6.07 Å². The molecule has 0 spiro atoms. The van der Waals surface area contributed by atoms with Crippen molar-refractivity contribution in [1.82, 2.24) is 8.51 Å². The van der Waals surface area contributed by atoms with E-state index in [1.165, 1.54) is 6.07 Å². The molecule has 8 heteroatoms. The number of phenols is 1. The van der Waals surface area contributed by atoms with Crippen molar-refractivity contribution in [2.24, 2.45) is 0 Å². The second-order valence-electron chi connectivity index (χ2n) is 3.33. The molecule has 0 saturated carbocycles. The molecule has 0 saturated heterocycles. The molecule has 2 aromatic rings. The summed E-state index contributed by atoms with van der Waals surface area (Å²) >= 11 is -0.147. The molecular formula is C9H10IN2O4S-. The van der Waals surface area contributed by atoms with Gasteiger partial charge in [0, 0.05) is 0 Å². The average Bonchev–Trinajstić information content (AvgIpc) is 2.69. The number of aliphatic hydroxyl groups excluding tert-OH is 1. The molecule has 0 aliphatic heterocycles. The number of thiazole rings is 1. The number of rotatable bonds is 4. The molecule has 17 heavy (non-hydrogen) atoms. The Kier molecular flexibility index (Phi) is 3.99. The first-order valence-electron chi connectivity index (χ1n) is 4.66. The Morgan fingerprint density at radius 1 is 1.53 bits per heavy atom. The molecule has 0 amide bonds. The van der Waals surface area contributed by atoms with Gasteiger partial charge in [0.2, 0.25) is 0 Å². The topological polar surface area (TPSA) is 106 Å². The van der Waals surface area contributed by atoms with E-state index in [4.69, 9.17) is 3.44 Å². The molecule has 0 aliphatic rings. The molecule has 1 atom stereocenters. The zero-order chi connectivity index (χ0) is 12.4. The van der Waals surface area contributed by atoms with Crippen LogP contribution in [0.25, 0.3) is 10.2 Å². The molecule has 94 valence electrons. The van der Waals surface area contributed by atoms with Crippen molar-refractivity contribution in [3.8, 4) is 5.75 Å². The summed E-state index contributed by atoms with van der Waals surface area (Å²) in [6, 6.07) is 3.00. The van der Waals surface area contributed by atoms with E-state index >= 15 is 0 Å². The number of nitrogens with one attached hydrogen (secondary N) is 2. The molecule has 5 N–H and O–H groups in total. The number of fused-ring (bicyclic) bond motifs is 1. The Labute approximate surface area is 111 Å². The Balaban J connectivity index is 2.47. The molecular weight excluding hydrogens is 359 g/mol. The summed E-state index contributed by atoms with van der Waals surface area (Å²) in [4.78, 5) is 13.5. The number of aromatic hydroxyl groups is 1. The fraction of sp³-hybridized carbons (Fsp3) is 0.222. The molecule has 1 aromatic carbocycles. The molecule has 1 heterocycles. The third kappa shape index (κ3) is 2.60. The first-order valence-corrected chi connectivity index (χ1v) is 7.52. The monoisotopic (exact) mass is 369 g/mol. The van der Waals surface area contributed by atoms with Crippen molar-refractivity contribution >= 4 is 21.6 Å². The average molecular weight is 369 g/mol. The van der Waals surface area contributed by atoms with E-state index < -0.39 is 28.0 Å². The number of aromatic nitrogens is 1. The standard InChI is InChI=1S/C9H10IN2O4S/c13-5-2-1-4(6(14)3-11-10-16)8-7(5)12-9(15)17-8/h1-2,6,11,13-14,16H,3H2,(H,12,15)/q-1. The summed E-state index contributed by atoms with van der Waals surface area (Å²) in [5, 5.41) is 19.5. The predicted octanol–water partition coefficient (Wildman–Crippen LogP) is -3.17. The van der Waals surface area contributed by atoms with Gasteiger partial charge in [0.1, 0.15) is 0 Å². The van der Waals surface area contributed by atoms with Gasteiger partial charge in [-0.2, -0.15) is 0 Å². The number of hydrogen-bond acceptors (Lipinski definition) is 6. The Morgan fingerprint density at radius 2 is 2.29 bits per heavy atom. The maximum absolute atomic E-state index is 11.3. The molecule has 1 aromatic heterocycles. The number of phenolic OH excluding ortho intramolecular Hbond substituents is 1. The first-order chi connectivity index (χ1) is 8.13. The summed E-state index contributed by atoms with van der Waals surface area (Å²) in [5.41, 5.74) is 0.904. The minimum atomic E-state index is -1.09. The van der Waals surface area contributed by atoms with Gasteiger partial charge in [-0.1, -0.05) is 0 Å². The van der Waals surface area contributed by atoms with Crippen LogP contribution in [-0.2, 0) is 0 Å². The van der Waals surface area contributed by atoms with Gasteiger partial charge in [-0.05, 0) is 0 Å². The first kappa shape index (κ1) is 12.8. The third-order valence-corrected chi connectivity index (χ3v) is 3.99. The van der Waals surface area contributed by atoms with E-state index in [0.29, 0.717) is 15.8 Å². The van der Waals surface area contributed by atoms with Crippen molar-refractivity contribution in [2.75, 3.05) is 6.54 Å². The second-order valence-corrected chi connectivity index (χ2v) is 5.56. The summed E-state index contributed by atoms with van der Waals surface area (Å²) in [5.74, 6) is -0.0168. The Bertz CT molecular complexity index is 582. The molecule has 0 radical (unpaired) electrons. The summed E-state index contributed by atoms with van der Waals surface area (Å²) < 4.78 is 12.0. The van der Waals surface area contributed by atoms with Crippen LogP contribution in [-0.4, -0.2) is 25.2 Å². The van der Waals surface area contributed by atoms with E-state index in [9.17, 15) is 15.0 Å². The SMILES string of the molecule is O=c1[nH]c2c(O)ccc(C(O)CN[I-]O)c2s1. The van der Waals surface area contributed by atoms with E-state index in [2.05, 4.69) is 8.51 Å². The molecule has 1 unspecified atom stereocenters. The van der Waals surface area contributed by atoms with E-state index in [0.717, 1.165) is 11.3 Å². The van der Waals surface area contributed by atoms with Gasteiger partial charge in [-0.25, -0.2) is 0 Å². The number of halogens is 1. The van der Waals surface area contributed by atoms with Crippen LogP contribution < -0.4 is 30.3 Å². The van der Waals surface area contributed by atoms with E-state index in [1.807, 2.05) is 0 Å². The normalized spacial score (nSPS) is 13.3. The van der Waals surface area contributed by atoms with Crippen LogP contribution in [0.4, 0.5) is 0 Å². The van der Waals surface area contributed by atoms with Crippen LogP contribution in [0.2, 0.25) is 0 Å². The minimum absolute atomic E-state index is 0.0168. The van der Waals surface area contributed by atoms with Crippen LogP contribution >= 0.6 is 11.3 Å². The van der Waals surface area contributed by atoms with Crippen LogP contribution in [0, 0.1) is 0 Å². The quantitative estimate of drug-likeness (QED) is 0.289. The van der Waals surface area contributed by atoms with Crippen LogP contribution in [0.5, 0.6) is 5.75 Å². The third-order valence-electron chi connectivity index (χ3n) is 2.28. The van der Waals surface area contributed by atoms with Gasteiger partial charge < -0.3 is 0 Å². The predicted molar refractivity (Wildman–Crippen MR) is 59.3 cm³/mol. The number of H-pyrrole nitrogens is 1. The molecule has 2 rings (SSSR count). The summed E-state index contributed by atoms with van der Waals surface area (Å²) in [6.45, 7) is 0.218. The van der Waals surface area contributed by atoms with Crippen LogP contribution in [0.1, 0.15) is 11.7 Å². The Hall–Kier alpha value is -0.680. The van der Waals surface area contributed by atoms with Gasteiger partial charge in [0.15, 0.2) is 0 Å². The van der Waals surface area contributed by atoms with Crippen molar-refractivity contribution in [3.63, 3.8) is 0 Å². The molecule has 0 aliphatic carbocycles. The van der Waals surface area contributed by atoms with E-state index in [-0.39, 0.29) is 17.2 Å². The number of aromatic amines is 1. The zero-order valence-corrected chi connectivity index (χ0v) is 11.4. The van der Waals surface area contributed by atoms with Gasteiger partial charge >= 0.3 is 111 Å². The van der Waals surface area contributed by atoms with Gasteiger partial charge in [-0.3, -0.25) is 0 Å². The van der Waals surface area contributed by atoms with Crippen molar-refractivity contribution in [1.29, 1.82) is 0 Å². The second kappa shape index (κ2) is 5.31. The van der Waals surface area contributed by atoms with Gasteiger partial charge in [0.05, 0.1) is 0 Å². The summed E-state index contributed by atoms with van der Waals surface area (Å²) in [6.07, 6.45) is -0.823. The molecule has 6 nitrogen and oxygen atoms in total. The molecule has 0 fully saturated rings. The molecule has 0 bridgehead atoms. The van der Waals surface area contributed by atoms with Crippen molar-refractivity contribution < 1.29 is 35.5 Å². The van der Waals surface area contributed by atoms with Crippen LogP contribution in [0.3, 0.4) is 0 Å². The number of benzene rings is 1. The fourth-order valence-corrected chi connectivity index (χ4v) is 3.05.